The number of hydrogen-bond donors (Lipinski definition) is 1. The van der Waals surface area contributed by atoms with E-state index >= 15 is 0 Å². The zero-order chi connectivity index (χ0) is 17.5. The summed E-state index contributed by atoms with van der Waals surface area (Å²) in [6.45, 7) is 0.643. The summed E-state index contributed by atoms with van der Waals surface area (Å²) in [6, 6.07) is 13.9. The van der Waals surface area contributed by atoms with Gasteiger partial charge < -0.3 is 14.5 Å². The van der Waals surface area contributed by atoms with Crippen molar-refractivity contribution in [1.29, 1.82) is 5.26 Å². The molecule has 0 amide bonds. The lowest BCUT2D eigenvalue weighted by atomic mass is 10.1. The van der Waals surface area contributed by atoms with E-state index in [1.54, 1.807) is 24.5 Å². The van der Waals surface area contributed by atoms with Gasteiger partial charge >= 0.3 is 0 Å². The van der Waals surface area contributed by atoms with Crippen LogP contribution in [0.3, 0.4) is 0 Å². The third kappa shape index (κ3) is 4.49. The molecule has 1 aromatic carbocycles. The third-order valence-electron chi connectivity index (χ3n) is 3.54. The summed E-state index contributed by atoms with van der Waals surface area (Å²) in [5.41, 5.74) is 1.43. The van der Waals surface area contributed by atoms with E-state index in [1.165, 1.54) is 5.56 Å². The van der Waals surface area contributed by atoms with Crippen LogP contribution in [0, 0.1) is 11.3 Å². The van der Waals surface area contributed by atoms with E-state index in [9.17, 15) is 5.26 Å². The first-order chi connectivity index (χ1) is 12.3. The molecule has 0 saturated carbocycles. The minimum Gasteiger partial charge on any atom is -0.497 e. The second kappa shape index (κ2) is 8.18. The van der Waals surface area contributed by atoms with Gasteiger partial charge in [-0.05, 0) is 41.6 Å². The van der Waals surface area contributed by atoms with E-state index < -0.39 is 0 Å². The van der Waals surface area contributed by atoms with E-state index in [1.807, 2.05) is 47.9 Å². The van der Waals surface area contributed by atoms with Gasteiger partial charge in [0.05, 0.1) is 7.11 Å². The number of thiophene rings is 1. The van der Waals surface area contributed by atoms with Crippen molar-refractivity contribution in [3.8, 4) is 11.8 Å². The molecule has 3 rings (SSSR count). The Hall–Kier alpha value is -3.04. The summed E-state index contributed by atoms with van der Waals surface area (Å²) in [5.74, 6) is 1.65. The van der Waals surface area contributed by atoms with Crippen molar-refractivity contribution in [3.05, 3.63) is 63.8 Å². The monoisotopic (exact) mass is 351 g/mol. The van der Waals surface area contributed by atoms with E-state index in [-0.39, 0.29) is 5.69 Å². The summed E-state index contributed by atoms with van der Waals surface area (Å²) < 4.78 is 10.8. The number of aromatic nitrogens is 1. The molecule has 0 unspecified atom stereocenters. The molecule has 0 bridgehead atoms. The molecular formula is C19H17N3O2S. The Bertz CT molecular complexity index is 875. The van der Waals surface area contributed by atoms with E-state index in [4.69, 9.17) is 9.15 Å². The minimum atomic E-state index is 0.264. The first kappa shape index (κ1) is 16.8. The first-order valence-electron chi connectivity index (χ1n) is 7.78. The number of nitrogens with one attached hydrogen (secondary N) is 1. The standard InChI is InChI=1S/C19H17N3O2S/c1-23-15-6-4-14(5-7-15)10-11-21-19-17(13-20)22-18(24-19)9-8-16-3-2-12-25-16/h2-9,12,21H,10-11H2,1H3/b9-8+. The van der Waals surface area contributed by atoms with Gasteiger partial charge in [0.1, 0.15) is 11.8 Å². The number of nitriles is 1. The fraction of sp³-hybridized carbons (Fsp3) is 0.158. The minimum absolute atomic E-state index is 0.264. The lowest BCUT2D eigenvalue weighted by Gasteiger charge is -2.04. The molecule has 0 spiro atoms. The number of nitrogens with zero attached hydrogens (tertiary/aromatic N) is 2. The van der Waals surface area contributed by atoms with Gasteiger partial charge in [0, 0.05) is 17.5 Å². The number of oxazole rings is 1. The quantitative estimate of drug-likeness (QED) is 0.681. The van der Waals surface area contributed by atoms with Crippen LogP contribution in [0.15, 0.2) is 46.2 Å². The fourth-order valence-electron chi connectivity index (χ4n) is 2.26. The maximum atomic E-state index is 9.21. The molecule has 0 aliphatic carbocycles. The van der Waals surface area contributed by atoms with Crippen LogP contribution in [0.5, 0.6) is 5.75 Å². The van der Waals surface area contributed by atoms with Gasteiger partial charge in [-0.25, -0.2) is 0 Å². The SMILES string of the molecule is COc1ccc(CCNc2oc(/C=C/c3cccs3)nc2C#N)cc1. The van der Waals surface area contributed by atoms with Crippen LogP contribution in [0.4, 0.5) is 5.88 Å². The number of benzene rings is 1. The molecule has 6 heteroatoms. The van der Waals surface area contributed by atoms with Crippen LogP contribution < -0.4 is 10.1 Å². The number of hydrogen-bond acceptors (Lipinski definition) is 6. The molecule has 0 saturated heterocycles. The van der Waals surface area contributed by atoms with E-state index in [0.717, 1.165) is 17.0 Å². The predicted molar refractivity (Wildman–Crippen MR) is 99.7 cm³/mol. The zero-order valence-corrected chi connectivity index (χ0v) is 14.5. The predicted octanol–water partition coefficient (Wildman–Crippen LogP) is 4.44. The van der Waals surface area contributed by atoms with Crippen LogP contribution in [-0.2, 0) is 6.42 Å². The summed E-state index contributed by atoms with van der Waals surface area (Å²) in [5, 5.41) is 14.4. The van der Waals surface area contributed by atoms with Crippen molar-refractivity contribution in [1.82, 2.24) is 4.98 Å². The highest BCUT2D eigenvalue weighted by Crippen LogP contribution is 2.20. The highest BCUT2D eigenvalue weighted by Gasteiger charge is 2.10. The number of ether oxygens (including phenoxy) is 1. The number of anilines is 1. The second-order valence-corrected chi connectivity index (χ2v) is 6.19. The zero-order valence-electron chi connectivity index (χ0n) is 13.7. The molecule has 2 aromatic heterocycles. The maximum Gasteiger partial charge on any atom is 0.232 e. The lowest BCUT2D eigenvalue weighted by molar-refractivity contribution is 0.414. The highest BCUT2D eigenvalue weighted by atomic mass is 32.1. The number of rotatable bonds is 7. The van der Waals surface area contributed by atoms with Gasteiger partial charge in [0.15, 0.2) is 0 Å². The number of methoxy groups -OCH3 is 1. The summed E-state index contributed by atoms with van der Waals surface area (Å²) in [7, 11) is 1.65. The Balaban J connectivity index is 1.60. The third-order valence-corrected chi connectivity index (χ3v) is 4.38. The molecular weight excluding hydrogens is 334 g/mol. The normalized spacial score (nSPS) is 10.7. The second-order valence-electron chi connectivity index (χ2n) is 5.22. The van der Waals surface area contributed by atoms with Gasteiger partial charge in [0.25, 0.3) is 0 Å². The van der Waals surface area contributed by atoms with Crippen LogP contribution in [0.25, 0.3) is 12.2 Å². The smallest absolute Gasteiger partial charge is 0.232 e. The Morgan fingerprint density at radius 3 is 2.80 bits per heavy atom. The maximum absolute atomic E-state index is 9.21. The van der Waals surface area contributed by atoms with Crippen molar-refractivity contribution in [3.63, 3.8) is 0 Å². The summed E-state index contributed by atoms with van der Waals surface area (Å²) in [4.78, 5) is 5.29. The average molecular weight is 351 g/mol. The van der Waals surface area contributed by atoms with Crippen LogP contribution >= 0.6 is 11.3 Å². The molecule has 0 aliphatic rings. The fourth-order valence-corrected chi connectivity index (χ4v) is 2.87. The van der Waals surface area contributed by atoms with Gasteiger partial charge in [-0.2, -0.15) is 10.2 Å². The molecule has 3 aromatic rings. The summed E-state index contributed by atoms with van der Waals surface area (Å²) in [6.07, 6.45) is 4.48. The molecule has 2 heterocycles. The van der Waals surface area contributed by atoms with Crippen LogP contribution in [0.2, 0.25) is 0 Å². The Labute approximate surface area is 150 Å². The molecule has 126 valence electrons. The van der Waals surface area contributed by atoms with Gasteiger partial charge in [0.2, 0.25) is 17.5 Å². The molecule has 1 N–H and O–H groups in total. The van der Waals surface area contributed by atoms with E-state index in [0.29, 0.717) is 18.3 Å². The molecule has 0 aliphatic heterocycles. The van der Waals surface area contributed by atoms with Crippen molar-refractivity contribution < 1.29 is 9.15 Å². The molecule has 25 heavy (non-hydrogen) atoms. The van der Waals surface area contributed by atoms with Crippen molar-refractivity contribution in [2.45, 2.75) is 6.42 Å². The molecule has 0 radical (unpaired) electrons. The Morgan fingerprint density at radius 1 is 1.28 bits per heavy atom. The van der Waals surface area contributed by atoms with Crippen LogP contribution in [0.1, 0.15) is 22.0 Å². The highest BCUT2D eigenvalue weighted by molar-refractivity contribution is 7.10. The molecule has 5 nitrogen and oxygen atoms in total. The van der Waals surface area contributed by atoms with Crippen LogP contribution in [-0.4, -0.2) is 18.6 Å². The van der Waals surface area contributed by atoms with Gasteiger partial charge in [-0.15, -0.1) is 11.3 Å². The molecule has 0 atom stereocenters. The Kier molecular flexibility index (Phi) is 5.50. The van der Waals surface area contributed by atoms with Gasteiger partial charge in [-0.3, -0.25) is 0 Å². The van der Waals surface area contributed by atoms with E-state index in [2.05, 4.69) is 16.4 Å². The van der Waals surface area contributed by atoms with Crippen molar-refractivity contribution in [2.75, 3.05) is 19.0 Å². The lowest BCUT2D eigenvalue weighted by Crippen LogP contribution is -2.05. The summed E-state index contributed by atoms with van der Waals surface area (Å²) >= 11 is 1.63. The largest absolute Gasteiger partial charge is 0.497 e. The van der Waals surface area contributed by atoms with Crippen molar-refractivity contribution >= 4 is 29.4 Å². The topological polar surface area (TPSA) is 71.1 Å². The molecule has 0 fully saturated rings. The first-order valence-corrected chi connectivity index (χ1v) is 8.66. The van der Waals surface area contributed by atoms with Crippen molar-refractivity contribution in [2.24, 2.45) is 0 Å². The average Bonchev–Trinajstić information content (AvgIpc) is 3.30. The Morgan fingerprint density at radius 2 is 2.12 bits per heavy atom. The van der Waals surface area contributed by atoms with Gasteiger partial charge in [-0.1, -0.05) is 18.2 Å².